The number of halogens is 1. The monoisotopic (exact) mass is 277 g/mol. The Hall–Kier alpha value is -0.160. The highest BCUT2D eigenvalue weighted by atomic mass is 127. The molecule has 0 radical (unpaired) electrons. The minimum absolute atomic E-state index is 0.0560. The summed E-state index contributed by atoms with van der Waals surface area (Å²) in [6.07, 6.45) is 8.94. The van der Waals surface area contributed by atoms with Crippen molar-refractivity contribution in [2.45, 2.75) is 22.9 Å². The van der Waals surface area contributed by atoms with Crippen molar-refractivity contribution in [3.8, 4) is 0 Å². The highest BCUT2D eigenvalue weighted by Crippen LogP contribution is 2.24. The molecule has 66 valence electrons. The van der Waals surface area contributed by atoms with Crippen LogP contribution in [0.25, 0.3) is 0 Å². The second-order valence-electron chi connectivity index (χ2n) is 3.30. The molecule has 1 aliphatic heterocycles. The van der Waals surface area contributed by atoms with Crippen LogP contribution in [-0.4, -0.2) is 20.3 Å². The zero-order valence-electron chi connectivity index (χ0n) is 7.16. The fraction of sp³-hybridized carbons (Fsp3) is 0.444. The van der Waals surface area contributed by atoms with Crippen molar-refractivity contribution in [2.24, 2.45) is 4.99 Å². The van der Waals surface area contributed by atoms with Crippen LogP contribution >= 0.6 is 22.6 Å². The summed E-state index contributed by atoms with van der Waals surface area (Å²) >= 11 is 2.29. The first-order valence-electron chi connectivity index (χ1n) is 3.75. The van der Waals surface area contributed by atoms with Crippen molar-refractivity contribution in [2.75, 3.05) is 0 Å². The van der Waals surface area contributed by atoms with Crippen LogP contribution in [-0.2, 0) is 0 Å². The molecule has 0 aliphatic carbocycles. The van der Waals surface area contributed by atoms with E-state index in [0.29, 0.717) is 0 Å². The van der Waals surface area contributed by atoms with Gasteiger partial charge in [0.15, 0.2) is 0 Å². The Kier molecular flexibility index (Phi) is 2.73. The molecule has 2 unspecified atom stereocenters. The predicted molar refractivity (Wildman–Crippen MR) is 59.8 cm³/mol. The van der Waals surface area contributed by atoms with E-state index >= 15 is 0 Å². The SMILES string of the molecule is CC1(O)C=N/C=C\C(C)(I)/C=C\1. The Morgan fingerprint density at radius 3 is 2.58 bits per heavy atom. The Balaban J connectivity index is 2.97. The predicted octanol–water partition coefficient (Wildman–Crippen LogP) is 2.09. The summed E-state index contributed by atoms with van der Waals surface area (Å²) < 4.78 is -0.0560. The lowest BCUT2D eigenvalue weighted by Gasteiger charge is -2.18. The van der Waals surface area contributed by atoms with E-state index < -0.39 is 5.60 Å². The number of hydrogen-bond acceptors (Lipinski definition) is 2. The first kappa shape index (κ1) is 9.92. The van der Waals surface area contributed by atoms with Gasteiger partial charge in [-0.3, -0.25) is 4.99 Å². The van der Waals surface area contributed by atoms with Gasteiger partial charge in [0.1, 0.15) is 5.60 Å². The Labute approximate surface area is 86.2 Å². The third kappa shape index (κ3) is 3.06. The number of hydrogen-bond donors (Lipinski definition) is 1. The van der Waals surface area contributed by atoms with Gasteiger partial charge in [-0.25, -0.2) is 0 Å². The fourth-order valence-electron chi connectivity index (χ4n) is 0.813. The molecule has 0 fully saturated rings. The van der Waals surface area contributed by atoms with Crippen molar-refractivity contribution in [1.82, 2.24) is 0 Å². The van der Waals surface area contributed by atoms with E-state index in [1.807, 2.05) is 12.2 Å². The number of aliphatic imine (C=N–C) groups is 1. The molecule has 0 aromatic heterocycles. The normalized spacial score (nSPS) is 46.3. The van der Waals surface area contributed by atoms with Gasteiger partial charge >= 0.3 is 0 Å². The summed E-state index contributed by atoms with van der Waals surface area (Å²) in [5.41, 5.74) is -0.919. The first-order chi connectivity index (χ1) is 5.41. The summed E-state index contributed by atoms with van der Waals surface area (Å²) in [6, 6.07) is 0. The Morgan fingerprint density at radius 2 is 1.92 bits per heavy atom. The number of nitrogens with zero attached hydrogens (tertiary/aromatic N) is 1. The van der Waals surface area contributed by atoms with Crippen molar-refractivity contribution >= 4 is 28.8 Å². The quantitative estimate of drug-likeness (QED) is 0.410. The Bertz CT molecular complexity index is 225. The van der Waals surface area contributed by atoms with Crippen molar-refractivity contribution in [3.63, 3.8) is 0 Å². The van der Waals surface area contributed by atoms with E-state index in [2.05, 4.69) is 34.5 Å². The average Bonchev–Trinajstić information content (AvgIpc) is 1.94. The maximum absolute atomic E-state index is 9.64. The van der Waals surface area contributed by atoms with Crippen LogP contribution in [0.3, 0.4) is 0 Å². The molecule has 2 nitrogen and oxygen atoms in total. The standard InChI is InChI=1S/C9H12INO/c1-8(10)3-4-9(2,12)7-11-6-5-8/h3-7,12H,1-2H3/b4-3-,6-5-,11-7?. The van der Waals surface area contributed by atoms with Gasteiger partial charge in [-0.05, 0) is 19.9 Å². The number of alkyl halides is 1. The molecule has 1 rings (SSSR count). The first-order valence-corrected chi connectivity index (χ1v) is 4.83. The summed E-state index contributed by atoms with van der Waals surface area (Å²) in [7, 11) is 0. The largest absolute Gasteiger partial charge is 0.380 e. The molecule has 0 aromatic carbocycles. The maximum atomic E-state index is 9.64. The molecule has 2 atom stereocenters. The molecule has 12 heavy (non-hydrogen) atoms. The minimum atomic E-state index is -0.919. The van der Waals surface area contributed by atoms with Crippen molar-refractivity contribution < 1.29 is 5.11 Å². The smallest absolute Gasteiger partial charge is 0.115 e. The van der Waals surface area contributed by atoms with Gasteiger partial charge in [0.2, 0.25) is 0 Å². The van der Waals surface area contributed by atoms with E-state index in [0.717, 1.165) is 0 Å². The van der Waals surface area contributed by atoms with Crippen LogP contribution in [0, 0.1) is 0 Å². The van der Waals surface area contributed by atoms with Gasteiger partial charge in [0.25, 0.3) is 0 Å². The van der Waals surface area contributed by atoms with Crippen LogP contribution in [0.4, 0.5) is 0 Å². The second-order valence-corrected chi connectivity index (χ2v) is 5.63. The summed E-state index contributed by atoms with van der Waals surface area (Å²) in [5, 5.41) is 9.64. The highest BCUT2D eigenvalue weighted by Gasteiger charge is 2.18. The fourth-order valence-corrected chi connectivity index (χ4v) is 1.15. The minimum Gasteiger partial charge on any atom is -0.380 e. The van der Waals surface area contributed by atoms with E-state index in [1.54, 1.807) is 19.2 Å². The van der Waals surface area contributed by atoms with Crippen molar-refractivity contribution in [3.05, 3.63) is 24.4 Å². The molecule has 1 heterocycles. The molecule has 0 saturated heterocycles. The summed E-state index contributed by atoms with van der Waals surface area (Å²) in [4.78, 5) is 3.97. The molecule has 0 aromatic rings. The van der Waals surface area contributed by atoms with Gasteiger partial charge < -0.3 is 5.11 Å². The molecule has 0 bridgehead atoms. The van der Waals surface area contributed by atoms with Crippen molar-refractivity contribution in [1.29, 1.82) is 0 Å². The molecule has 0 amide bonds. The average molecular weight is 277 g/mol. The van der Waals surface area contributed by atoms with Gasteiger partial charge in [0.05, 0.1) is 3.42 Å². The van der Waals surface area contributed by atoms with E-state index in [-0.39, 0.29) is 3.42 Å². The van der Waals surface area contributed by atoms with Crippen LogP contribution in [0.5, 0.6) is 0 Å². The lowest BCUT2D eigenvalue weighted by atomic mass is 10.0. The van der Waals surface area contributed by atoms with Gasteiger partial charge in [0, 0.05) is 12.4 Å². The third-order valence-corrected chi connectivity index (χ3v) is 2.29. The molecular weight excluding hydrogens is 265 g/mol. The van der Waals surface area contributed by atoms with E-state index in [9.17, 15) is 5.11 Å². The van der Waals surface area contributed by atoms with Crippen LogP contribution in [0.1, 0.15) is 13.8 Å². The molecule has 0 saturated carbocycles. The topological polar surface area (TPSA) is 32.6 Å². The molecular formula is C9H12INO. The number of allylic oxidation sites excluding steroid dienone is 2. The molecule has 0 spiro atoms. The van der Waals surface area contributed by atoms with Crippen LogP contribution < -0.4 is 0 Å². The van der Waals surface area contributed by atoms with E-state index in [4.69, 9.17) is 0 Å². The van der Waals surface area contributed by atoms with E-state index in [1.165, 1.54) is 6.21 Å². The number of aliphatic hydroxyl groups is 1. The zero-order valence-corrected chi connectivity index (χ0v) is 9.32. The third-order valence-electron chi connectivity index (χ3n) is 1.57. The highest BCUT2D eigenvalue weighted by molar-refractivity contribution is 14.1. The van der Waals surface area contributed by atoms with Gasteiger partial charge in [-0.15, -0.1) is 0 Å². The second kappa shape index (κ2) is 3.30. The molecule has 1 N–H and O–H groups in total. The lowest BCUT2D eigenvalue weighted by molar-refractivity contribution is 0.189. The summed E-state index contributed by atoms with van der Waals surface area (Å²) in [5.74, 6) is 0. The lowest BCUT2D eigenvalue weighted by Crippen LogP contribution is -2.24. The van der Waals surface area contributed by atoms with Crippen LogP contribution in [0.2, 0.25) is 0 Å². The Morgan fingerprint density at radius 1 is 1.25 bits per heavy atom. The van der Waals surface area contributed by atoms with Gasteiger partial charge in [-0.1, -0.05) is 34.7 Å². The molecule has 3 heteroatoms. The zero-order chi connectivity index (χ0) is 9.24. The maximum Gasteiger partial charge on any atom is 0.115 e. The van der Waals surface area contributed by atoms with Crippen LogP contribution in [0.15, 0.2) is 29.4 Å². The summed E-state index contributed by atoms with van der Waals surface area (Å²) in [6.45, 7) is 3.76. The number of rotatable bonds is 0. The van der Waals surface area contributed by atoms with Gasteiger partial charge in [-0.2, -0.15) is 0 Å². The molecule has 1 aliphatic rings.